The molecule has 0 saturated heterocycles. The molecule has 0 aliphatic rings. The number of methoxy groups -OCH3 is 3. The summed E-state index contributed by atoms with van der Waals surface area (Å²) in [6, 6.07) is 10.9. The Labute approximate surface area is 136 Å². The number of carbonyl (C=O) groups excluding carboxylic acids is 1. The minimum absolute atomic E-state index is 0.166. The van der Waals surface area contributed by atoms with Crippen molar-refractivity contribution in [3.8, 4) is 17.2 Å². The zero-order valence-electron chi connectivity index (χ0n) is 13.8. The van der Waals surface area contributed by atoms with Crippen LogP contribution in [-0.4, -0.2) is 27.2 Å². The lowest BCUT2D eigenvalue weighted by Crippen LogP contribution is -2.23. The lowest BCUT2D eigenvalue weighted by Gasteiger charge is -2.12. The predicted octanol–water partition coefficient (Wildman–Crippen LogP) is 2.95. The van der Waals surface area contributed by atoms with Crippen LogP contribution in [0.5, 0.6) is 17.2 Å². The molecule has 0 aromatic heterocycles. The molecule has 5 nitrogen and oxygen atoms in total. The number of carbonyl (C=O) groups is 1. The molecule has 122 valence electrons. The van der Waals surface area contributed by atoms with Crippen molar-refractivity contribution in [2.24, 2.45) is 0 Å². The van der Waals surface area contributed by atoms with Gasteiger partial charge >= 0.3 is 0 Å². The van der Waals surface area contributed by atoms with E-state index in [-0.39, 0.29) is 5.91 Å². The highest BCUT2D eigenvalue weighted by Gasteiger charge is 2.10. The first-order valence-corrected chi connectivity index (χ1v) is 7.22. The van der Waals surface area contributed by atoms with Crippen molar-refractivity contribution in [1.29, 1.82) is 0 Å². The van der Waals surface area contributed by atoms with Crippen molar-refractivity contribution in [1.82, 2.24) is 5.32 Å². The van der Waals surface area contributed by atoms with Crippen LogP contribution in [0.2, 0.25) is 0 Å². The third kappa shape index (κ3) is 3.94. The van der Waals surface area contributed by atoms with Crippen molar-refractivity contribution in [3.63, 3.8) is 0 Å². The highest BCUT2D eigenvalue weighted by atomic mass is 16.5. The molecule has 0 aliphatic carbocycles. The van der Waals surface area contributed by atoms with E-state index in [0.717, 1.165) is 11.1 Å². The molecule has 23 heavy (non-hydrogen) atoms. The van der Waals surface area contributed by atoms with Gasteiger partial charge in [0.15, 0.2) is 0 Å². The maximum absolute atomic E-state index is 12.3. The molecule has 2 aromatic carbocycles. The van der Waals surface area contributed by atoms with Gasteiger partial charge in [0.25, 0.3) is 5.91 Å². The van der Waals surface area contributed by atoms with Crippen molar-refractivity contribution in [3.05, 3.63) is 53.1 Å². The maximum Gasteiger partial charge on any atom is 0.251 e. The highest BCUT2D eigenvalue weighted by molar-refractivity contribution is 5.94. The molecule has 2 aromatic rings. The van der Waals surface area contributed by atoms with E-state index in [2.05, 4.69) is 5.32 Å². The fourth-order valence-corrected chi connectivity index (χ4v) is 2.24. The fraction of sp³-hybridized carbons (Fsp3) is 0.278. The molecule has 0 unspecified atom stereocenters. The van der Waals surface area contributed by atoms with Crippen LogP contribution in [0.3, 0.4) is 0 Å². The quantitative estimate of drug-likeness (QED) is 0.890. The van der Waals surface area contributed by atoms with Gasteiger partial charge in [-0.15, -0.1) is 0 Å². The first-order valence-electron chi connectivity index (χ1n) is 7.22. The Bertz CT molecular complexity index is 697. The Hall–Kier alpha value is -2.69. The summed E-state index contributed by atoms with van der Waals surface area (Å²) in [7, 11) is 4.78. The Kier molecular flexibility index (Phi) is 5.46. The van der Waals surface area contributed by atoms with Crippen LogP contribution in [0, 0.1) is 6.92 Å². The summed E-state index contributed by atoms with van der Waals surface area (Å²) >= 11 is 0. The zero-order valence-corrected chi connectivity index (χ0v) is 13.8. The second kappa shape index (κ2) is 7.54. The monoisotopic (exact) mass is 315 g/mol. The average Bonchev–Trinajstić information content (AvgIpc) is 2.59. The van der Waals surface area contributed by atoms with Crippen LogP contribution in [-0.2, 0) is 6.54 Å². The van der Waals surface area contributed by atoms with E-state index in [1.54, 1.807) is 39.5 Å². The molecule has 0 heterocycles. The molecule has 1 N–H and O–H groups in total. The smallest absolute Gasteiger partial charge is 0.251 e. The van der Waals surface area contributed by atoms with Gasteiger partial charge in [-0.2, -0.15) is 0 Å². The molecular weight excluding hydrogens is 294 g/mol. The molecule has 0 bridgehead atoms. The number of hydrogen-bond acceptors (Lipinski definition) is 4. The van der Waals surface area contributed by atoms with Crippen LogP contribution in [0.4, 0.5) is 0 Å². The van der Waals surface area contributed by atoms with Crippen LogP contribution in [0.25, 0.3) is 0 Å². The van der Waals surface area contributed by atoms with Gasteiger partial charge in [0.2, 0.25) is 0 Å². The van der Waals surface area contributed by atoms with E-state index >= 15 is 0 Å². The van der Waals surface area contributed by atoms with Gasteiger partial charge in [0.1, 0.15) is 17.2 Å². The topological polar surface area (TPSA) is 56.8 Å². The number of amides is 1. The summed E-state index contributed by atoms with van der Waals surface area (Å²) in [5.41, 5.74) is 2.42. The standard InChI is InChI=1S/C18H21NO4/c1-12-5-6-13(9-16(12)22-3)18(20)19-11-14-7-8-15(21-2)10-17(14)23-4/h5-10H,11H2,1-4H3,(H,19,20). The lowest BCUT2D eigenvalue weighted by atomic mass is 10.1. The number of benzene rings is 2. The van der Waals surface area contributed by atoms with Crippen LogP contribution in [0.1, 0.15) is 21.5 Å². The fourth-order valence-electron chi connectivity index (χ4n) is 2.24. The van der Waals surface area contributed by atoms with Crippen LogP contribution >= 0.6 is 0 Å². The van der Waals surface area contributed by atoms with Crippen LogP contribution in [0.15, 0.2) is 36.4 Å². The zero-order chi connectivity index (χ0) is 16.8. The van der Waals surface area contributed by atoms with Gasteiger partial charge in [-0.1, -0.05) is 6.07 Å². The summed E-state index contributed by atoms with van der Waals surface area (Å²) in [6.07, 6.45) is 0. The number of nitrogens with one attached hydrogen (secondary N) is 1. The van der Waals surface area contributed by atoms with Gasteiger partial charge in [0, 0.05) is 23.7 Å². The third-order valence-corrected chi connectivity index (χ3v) is 3.60. The van der Waals surface area contributed by atoms with E-state index in [0.29, 0.717) is 29.4 Å². The van der Waals surface area contributed by atoms with Crippen molar-refractivity contribution < 1.29 is 19.0 Å². The van der Waals surface area contributed by atoms with Gasteiger partial charge < -0.3 is 19.5 Å². The summed E-state index contributed by atoms with van der Waals surface area (Å²) in [6.45, 7) is 2.30. The van der Waals surface area contributed by atoms with Crippen molar-refractivity contribution in [2.75, 3.05) is 21.3 Å². The van der Waals surface area contributed by atoms with E-state index in [4.69, 9.17) is 14.2 Å². The van der Waals surface area contributed by atoms with E-state index in [1.807, 2.05) is 25.1 Å². The number of rotatable bonds is 6. The average molecular weight is 315 g/mol. The molecule has 0 spiro atoms. The Balaban J connectivity index is 2.10. The maximum atomic E-state index is 12.3. The second-order valence-electron chi connectivity index (χ2n) is 5.04. The summed E-state index contributed by atoms with van der Waals surface area (Å²) in [5, 5.41) is 2.88. The van der Waals surface area contributed by atoms with E-state index in [9.17, 15) is 4.79 Å². The first-order chi connectivity index (χ1) is 11.1. The second-order valence-corrected chi connectivity index (χ2v) is 5.04. The van der Waals surface area contributed by atoms with Gasteiger partial charge in [-0.05, 0) is 36.8 Å². The highest BCUT2D eigenvalue weighted by Crippen LogP contribution is 2.24. The summed E-state index contributed by atoms with van der Waals surface area (Å²) in [4.78, 5) is 12.3. The molecule has 0 atom stereocenters. The number of hydrogen-bond donors (Lipinski definition) is 1. The number of aryl methyl sites for hydroxylation is 1. The minimum Gasteiger partial charge on any atom is -0.497 e. The Morgan fingerprint density at radius 1 is 0.957 bits per heavy atom. The number of ether oxygens (including phenoxy) is 3. The molecular formula is C18H21NO4. The van der Waals surface area contributed by atoms with E-state index in [1.165, 1.54) is 0 Å². The van der Waals surface area contributed by atoms with Gasteiger partial charge in [-0.25, -0.2) is 0 Å². The molecule has 0 fully saturated rings. The van der Waals surface area contributed by atoms with Crippen molar-refractivity contribution >= 4 is 5.91 Å². The summed E-state index contributed by atoms with van der Waals surface area (Å²) in [5.74, 6) is 1.91. The first kappa shape index (κ1) is 16.7. The normalized spacial score (nSPS) is 10.1. The Morgan fingerprint density at radius 2 is 1.70 bits per heavy atom. The molecule has 0 saturated carbocycles. The minimum atomic E-state index is -0.166. The van der Waals surface area contributed by atoms with Gasteiger partial charge in [0.05, 0.1) is 21.3 Å². The largest absolute Gasteiger partial charge is 0.497 e. The van der Waals surface area contributed by atoms with Gasteiger partial charge in [-0.3, -0.25) is 4.79 Å². The van der Waals surface area contributed by atoms with Crippen molar-refractivity contribution in [2.45, 2.75) is 13.5 Å². The molecule has 0 radical (unpaired) electrons. The van der Waals surface area contributed by atoms with Crippen LogP contribution < -0.4 is 19.5 Å². The molecule has 2 rings (SSSR count). The SMILES string of the molecule is COc1ccc(CNC(=O)c2ccc(C)c(OC)c2)c(OC)c1. The predicted molar refractivity (Wildman–Crippen MR) is 88.4 cm³/mol. The Morgan fingerprint density at radius 3 is 2.35 bits per heavy atom. The molecule has 1 amide bonds. The molecule has 5 heteroatoms. The summed E-state index contributed by atoms with van der Waals surface area (Å²) < 4.78 is 15.7. The third-order valence-electron chi connectivity index (χ3n) is 3.60. The van der Waals surface area contributed by atoms with E-state index < -0.39 is 0 Å². The molecule has 0 aliphatic heterocycles. The lowest BCUT2D eigenvalue weighted by molar-refractivity contribution is 0.0950.